The van der Waals surface area contributed by atoms with Crippen molar-refractivity contribution in [1.29, 1.82) is 0 Å². The van der Waals surface area contributed by atoms with E-state index in [0.717, 1.165) is 23.7 Å². The highest BCUT2D eigenvalue weighted by Gasteiger charge is 2.23. The van der Waals surface area contributed by atoms with E-state index in [-0.39, 0.29) is 36.5 Å². The van der Waals surface area contributed by atoms with Crippen molar-refractivity contribution in [3.05, 3.63) is 33.2 Å². The maximum absolute atomic E-state index is 12.3. The summed E-state index contributed by atoms with van der Waals surface area (Å²) < 4.78 is 7.94. The molecule has 0 spiro atoms. The number of pyridine rings is 1. The predicted molar refractivity (Wildman–Crippen MR) is 94.9 cm³/mol. The summed E-state index contributed by atoms with van der Waals surface area (Å²) in [5.41, 5.74) is 5.27. The molecule has 0 aliphatic carbocycles. The molecule has 1 saturated heterocycles. The van der Waals surface area contributed by atoms with Crippen LogP contribution in [0, 0.1) is 0 Å². The first-order chi connectivity index (χ1) is 10.6. The van der Waals surface area contributed by atoms with Crippen LogP contribution in [0.15, 0.2) is 27.6 Å². The summed E-state index contributed by atoms with van der Waals surface area (Å²) in [6.07, 6.45) is 4.39. The van der Waals surface area contributed by atoms with Gasteiger partial charge in [0.1, 0.15) is 6.54 Å². The lowest BCUT2D eigenvalue weighted by Gasteiger charge is -2.32. The molecule has 2 N–H and O–H groups in total. The van der Waals surface area contributed by atoms with Crippen molar-refractivity contribution in [2.24, 2.45) is 5.73 Å². The van der Waals surface area contributed by atoms with E-state index in [2.05, 4.69) is 15.9 Å². The molecule has 1 aromatic rings. The molecule has 1 aromatic heterocycles. The van der Waals surface area contributed by atoms with Gasteiger partial charge in [0.15, 0.2) is 0 Å². The molecule has 23 heavy (non-hydrogen) atoms. The molecule has 1 fully saturated rings. The van der Waals surface area contributed by atoms with Crippen molar-refractivity contribution in [2.75, 3.05) is 26.2 Å². The highest BCUT2D eigenvalue weighted by molar-refractivity contribution is 9.10. The van der Waals surface area contributed by atoms with Crippen LogP contribution in [0.4, 0.5) is 0 Å². The number of amides is 1. The minimum Gasteiger partial charge on any atom is -0.378 e. The van der Waals surface area contributed by atoms with E-state index < -0.39 is 0 Å². The zero-order chi connectivity index (χ0) is 15.9. The van der Waals surface area contributed by atoms with Gasteiger partial charge in [-0.2, -0.15) is 0 Å². The summed E-state index contributed by atoms with van der Waals surface area (Å²) in [7, 11) is 0. The molecule has 6 nitrogen and oxygen atoms in total. The van der Waals surface area contributed by atoms with Crippen LogP contribution in [0.25, 0.3) is 0 Å². The number of nitrogens with zero attached hydrogens (tertiary/aromatic N) is 2. The maximum Gasteiger partial charge on any atom is 0.251 e. The zero-order valence-electron chi connectivity index (χ0n) is 12.9. The van der Waals surface area contributed by atoms with Gasteiger partial charge in [-0.15, -0.1) is 12.4 Å². The highest BCUT2D eigenvalue weighted by Crippen LogP contribution is 2.14. The standard InChI is InChI=1S/C15H22BrN3O3.ClH/c16-12-2-3-14(20)19(10-12)11-15(21)18-7-4-13(5-8-18)22-9-1-6-17;/h2-3,10,13H,1,4-9,11,17H2;1H. The Hall–Kier alpha value is -0.890. The molecule has 2 heterocycles. The average Bonchev–Trinajstić information content (AvgIpc) is 2.52. The number of aromatic nitrogens is 1. The minimum absolute atomic E-state index is 0. The number of piperidine rings is 1. The summed E-state index contributed by atoms with van der Waals surface area (Å²) in [4.78, 5) is 25.8. The number of rotatable bonds is 6. The third kappa shape index (κ3) is 6.25. The van der Waals surface area contributed by atoms with E-state index in [1.807, 2.05) is 0 Å². The van der Waals surface area contributed by atoms with Crippen molar-refractivity contribution in [3.63, 3.8) is 0 Å². The largest absolute Gasteiger partial charge is 0.378 e. The molecule has 1 aliphatic rings. The van der Waals surface area contributed by atoms with Crippen LogP contribution in [0.3, 0.4) is 0 Å². The van der Waals surface area contributed by atoms with Gasteiger partial charge in [0.05, 0.1) is 6.10 Å². The molecule has 0 unspecified atom stereocenters. The van der Waals surface area contributed by atoms with Crippen LogP contribution >= 0.6 is 28.3 Å². The lowest BCUT2D eigenvalue weighted by Crippen LogP contribution is -2.43. The van der Waals surface area contributed by atoms with Crippen LogP contribution in [0.2, 0.25) is 0 Å². The Morgan fingerprint density at radius 3 is 2.70 bits per heavy atom. The number of carbonyl (C=O) groups is 1. The molecular formula is C15H23BrClN3O3. The second kappa shape index (κ2) is 10.1. The fraction of sp³-hybridized carbons (Fsp3) is 0.600. The molecule has 0 radical (unpaired) electrons. The van der Waals surface area contributed by atoms with Gasteiger partial charge in [0.25, 0.3) is 5.56 Å². The molecule has 8 heteroatoms. The van der Waals surface area contributed by atoms with E-state index in [1.54, 1.807) is 17.2 Å². The van der Waals surface area contributed by atoms with E-state index in [4.69, 9.17) is 10.5 Å². The van der Waals surface area contributed by atoms with Crippen LogP contribution in [0.5, 0.6) is 0 Å². The maximum atomic E-state index is 12.3. The first kappa shape index (κ1) is 20.2. The Kier molecular flexibility index (Phi) is 8.83. The number of hydrogen-bond acceptors (Lipinski definition) is 4. The predicted octanol–water partition coefficient (Wildman–Crippen LogP) is 1.39. The first-order valence-corrected chi connectivity index (χ1v) is 8.35. The van der Waals surface area contributed by atoms with Crippen LogP contribution in [-0.4, -0.2) is 47.7 Å². The van der Waals surface area contributed by atoms with Crippen molar-refractivity contribution in [2.45, 2.75) is 31.9 Å². The lowest BCUT2D eigenvalue weighted by molar-refractivity contribution is -0.134. The summed E-state index contributed by atoms with van der Waals surface area (Å²) in [6.45, 7) is 2.75. The van der Waals surface area contributed by atoms with E-state index in [9.17, 15) is 9.59 Å². The number of carbonyl (C=O) groups excluding carboxylic acids is 1. The van der Waals surface area contributed by atoms with Gasteiger partial charge in [-0.05, 0) is 47.8 Å². The number of halogens is 2. The SMILES string of the molecule is Cl.NCCCOC1CCN(C(=O)Cn2cc(Br)ccc2=O)CC1. The van der Waals surface area contributed by atoms with Crippen molar-refractivity contribution in [1.82, 2.24) is 9.47 Å². The molecule has 0 aromatic carbocycles. The number of likely N-dealkylation sites (tertiary alicyclic amines) is 1. The van der Waals surface area contributed by atoms with Crippen LogP contribution < -0.4 is 11.3 Å². The van der Waals surface area contributed by atoms with Gasteiger partial charge in [-0.1, -0.05) is 0 Å². The van der Waals surface area contributed by atoms with Crippen molar-refractivity contribution >= 4 is 34.2 Å². The summed E-state index contributed by atoms with van der Waals surface area (Å²) in [6, 6.07) is 3.13. The van der Waals surface area contributed by atoms with Gasteiger partial charge in [0, 0.05) is 36.4 Å². The fourth-order valence-electron chi connectivity index (χ4n) is 2.48. The van der Waals surface area contributed by atoms with Gasteiger partial charge < -0.3 is 19.9 Å². The van der Waals surface area contributed by atoms with Crippen LogP contribution in [0.1, 0.15) is 19.3 Å². The quantitative estimate of drug-likeness (QED) is 0.722. The number of ether oxygens (including phenoxy) is 1. The number of nitrogens with two attached hydrogens (primary N) is 1. The molecule has 0 atom stereocenters. The fourth-order valence-corrected chi connectivity index (χ4v) is 2.86. The van der Waals surface area contributed by atoms with Gasteiger partial charge in [-0.25, -0.2) is 0 Å². The third-order valence-electron chi connectivity index (χ3n) is 3.75. The molecule has 0 bridgehead atoms. The Morgan fingerprint density at radius 2 is 2.04 bits per heavy atom. The molecule has 1 amide bonds. The molecule has 0 saturated carbocycles. The zero-order valence-corrected chi connectivity index (χ0v) is 15.4. The smallest absolute Gasteiger partial charge is 0.251 e. The average molecular weight is 409 g/mol. The normalized spacial score (nSPS) is 15.3. The Morgan fingerprint density at radius 1 is 1.35 bits per heavy atom. The van der Waals surface area contributed by atoms with Gasteiger partial charge >= 0.3 is 0 Å². The Balaban J connectivity index is 0.00000264. The Bertz CT molecular complexity index is 559. The second-order valence-corrected chi connectivity index (χ2v) is 6.32. The lowest BCUT2D eigenvalue weighted by atomic mass is 10.1. The van der Waals surface area contributed by atoms with Crippen molar-refractivity contribution in [3.8, 4) is 0 Å². The summed E-state index contributed by atoms with van der Waals surface area (Å²) in [5.74, 6) is -0.0272. The molecule has 1 aliphatic heterocycles. The van der Waals surface area contributed by atoms with E-state index in [0.29, 0.717) is 26.2 Å². The number of hydrogen-bond donors (Lipinski definition) is 1. The highest BCUT2D eigenvalue weighted by atomic mass is 79.9. The third-order valence-corrected chi connectivity index (χ3v) is 4.22. The van der Waals surface area contributed by atoms with E-state index >= 15 is 0 Å². The van der Waals surface area contributed by atoms with Crippen molar-refractivity contribution < 1.29 is 9.53 Å². The molecule has 130 valence electrons. The topological polar surface area (TPSA) is 77.6 Å². The second-order valence-electron chi connectivity index (χ2n) is 5.41. The minimum atomic E-state index is -0.170. The monoisotopic (exact) mass is 407 g/mol. The van der Waals surface area contributed by atoms with Gasteiger partial charge in [-0.3, -0.25) is 9.59 Å². The van der Waals surface area contributed by atoms with Gasteiger partial charge in [0.2, 0.25) is 5.91 Å². The summed E-state index contributed by atoms with van der Waals surface area (Å²) >= 11 is 3.31. The molecule has 2 rings (SSSR count). The Labute approximate surface area is 150 Å². The summed E-state index contributed by atoms with van der Waals surface area (Å²) in [5, 5.41) is 0. The van der Waals surface area contributed by atoms with E-state index in [1.165, 1.54) is 10.6 Å². The van der Waals surface area contributed by atoms with Crippen LogP contribution in [-0.2, 0) is 16.1 Å². The molecular weight excluding hydrogens is 386 g/mol. The first-order valence-electron chi connectivity index (χ1n) is 7.55.